The summed E-state index contributed by atoms with van der Waals surface area (Å²) in [6.07, 6.45) is 0.0747. The van der Waals surface area contributed by atoms with E-state index in [9.17, 15) is 4.79 Å². The second kappa shape index (κ2) is 7.46. The van der Waals surface area contributed by atoms with Crippen molar-refractivity contribution in [2.24, 2.45) is 0 Å². The Labute approximate surface area is 136 Å². The molecule has 23 heavy (non-hydrogen) atoms. The van der Waals surface area contributed by atoms with E-state index in [-0.39, 0.29) is 6.42 Å². The molecule has 2 aromatic carbocycles. The molecule has 0 aliphatic heterocycles. The van der Waals surface area contributed by atoms with Crippen LogP contribution in [0.3, 0.4) is 0 Å². The third-order valence-corrected chi connectivity index (χ3v) is 3.94. The van der Waals surface area contributed by atoms with Crippen molar-refractivity contribution in [3.8, 4) is 6.07 Å². The molecule has 0 unspecified atom stereocenters. The fourth-order valence-electron chi connectivity index (χ4n) is 2.55. The van der Waals surface area contributed by atoms with Crippen molar-refractivity contribution in [3.63, 3.8) is 0 Å². The van der Waals surface area contributed by atoms with E-state index in [0.717, 1.165) is 16.8 Å². The van der Waals surface area contributed by atoms with Gasteiger partial charge in [-0.2, -0.15) is 5.26 Å². The molecule has 0 saturated carbocycles. The Morgan fingerprint density at radius 3 is 2.65 bits per heavy atom. The SMILES string of the molecule is Cc1cccc(N(CCC(=O)O)Cc2cccc(C#N)c2)c1C. The summed E-state index contributed by atoms with van der Waals surface area (Å²) in [6, 6.07) is 15.6. The number of carbonyl (C=O) groups is 1. The molecule has 0 bridgehead atoms. The summed E-state index contributed by atoms with van der Waals surface area (Å²) >= 11 is 0. The average molecular weight is 308 g/mol. The maximum Gasteiger partial charge on any atom is 0.305 e. The van der Waals surface area contributed by atoms with Crippen LogP contribution in [0.15, 0.2) is 42.5 Å². The normalized spacial score (nSPS) is 10.1. The number of nitriles is 1. The van der Waals surface area contributed by atoms with E-state index in [1.54, 1.807) is 6.07 Å². The molecule has 1 N–H and O–H groups in total. The Balaban J connectivity index is 2.32. The molecule has 2 rings (SSSR count). The van der Waals surface area contributed by atoms with E-state index in [4.69, 9.17) is 10.4 Å². The fraction of sp³-hybridized carbons (Fsp3) is 0.263. The van der Waals surface area contributed by atoms with Crippen LogP contribution in [0, 0.1) is 25.2 Å². The maximum absolute atomic E-state index is 11.0. The molecule has 0 amide bonds. The van der Waals surface area contributed by atoms with Gasteiger partial charge < -0.3 is 10.0 Å². The van der Waals surface area contributed by atoms with Gasteiger partial charge in [-0.05, 0) is 48.7 Å². The molecule has 2 aromatic rings. The summed E-state index contributed by atoms with van der Waals surface area (Å²) in [5, 5.41) is 18.0. The molecule has 0 saturated heterocycles. The fourth-order valence-corrected chi connectivity index (χ4v) is 2.55. The van der Waals surface area contributed by atoms with E-state index < -0.39 is 5.97 Å². The standard InChI is InChI=1S/C19H20N2O2/c1-14-5-3-8-18(15(14)2)21(10-9-19(22)23)13-17-7-4-6-16(11-17)12-20/h3-8,11H,9-10,13H2,1-2H3,(H,22,23). The first-order chi connectivity index (χ1) is 11.0. The minimum absolute atomic E-state index is 0.0747. The quantitative estimate of drug-likeness (QED) is 0.884. The summed E-state index contributed by atoms with van der Waals surface area (Å²) in [4.78, 5) is 13.0. The lowest BCUT2D eigenvalue weighted by Gasteiger charge is -2.27. The molecule has 0 fully saturated rings. The van der Waals surface area contributed by atoms with E-state index >= 15 is 0 Å². The molecule has 0 aliphatic rings. The van der Waals surface area contributed by atoms with Gasteiger partial charge in [0, 0.05) is 18.8 Å². The zero-order valence-corrected chi connectivity index (χ0v) is 13.4. The number of nitrogens with zero attached hydrogens (tertiary/aromatic N) is 2. The molecular formula is C19H20N2O2. The predicted octanol–water partition coefficient (Wildman–Crippen LogP) is 3.66. The van der Waals surface area contributed by atoms with Crippen LogP contribution in [0.5, 0.6) is 0 Å². The molecule has 0 atom stereocenters. The van der Waals surface area contributed by atoms with Crippen molar-refractivity contribution in [2.75, 3.05) is 11.4 Å². The Kier molecular flexibility index (Phi) is 5.37. The number of carboxylic acids is 1. The van der Waals surface area contributed by atoms with Gasteiger partial charge in [0.15, 0.2) is 0 Å². The van der Waals surface area contributed by atoms with Gasteiger partial charge in [0.1, 0.15) is 0 Å². The molecule has 0 spiro atoms. The number of anilines is 1. The third-order valence-electron chi connectivity index (χ3n) is 3.94. The molecule has 118 valence electrons. The van der Waals surface area contributed by atoms with Crippen molar-refractivity contribution >= 4 is 11.7 Å². The predicted molar refractivity (Wildman–Crippen MR) is 90.4 cm³/mol. The highest BCUT2D eigenvalue weighted by atomic mass is 16.4. The minimum atomic E-state index is -0.814. The largest absolute Gasteiger partial charge is 0.481 e. The number of hydrogen-bond acceptors (Lipinski definition) is 3. The lowest BCUT2D eigenvalue weighted by atomic mass is 10.1. The third kappa shape index (κ3) is 4.33. The van der Waals surface area contributed by atoms with Gasteiger partial charge in [-0.25, -0.2) is 0 Å². The summed E-state index contributed by atoms with van der Waals surface area (Å²) in [6.45, 7) is 5.10. The number of rotatable bonds is 6. The molecule has 0 aromatic heterocycles. The molecular weight excluding hydrogens is 288 g/mol. The van der Waals surface area contributed by atoms with Crippen molar-refractivity contribution in [1.29, 1.82) is 5.26 Å². The number of benzene rings is 2. The topological polar surface area (TPSA) is 64.3 Å². The van der Waals surface area contributed by atoms with E-state index in [2.05, 4.69) is 11.0 Å². The molecule has 4 heteroatoms. The number of hydrogen-bond donors (Lipinski definition) is 1. The van der Waals surface area contributed by atoms with Crippen LogP contribution in [0.4, 0.5) is 5.69 Å². The van der Waals surface area contributed by atoms with Gasteiger partial charge in [-0.3, -0.25) is 4.79 Å². The van der Waals surface area contributed by atoms with Gasteiger partial charge >= 0.3 is 5.97 Å². The van der Waals surface area contributed by atoms with Crippen molar-refractivity contribution in [3.05, 3.63) is 64.7 Å². The summed E-state index contributed by atoms with van der Waals surface area (Å²) in [5.41, 5.74) is 4.97. The van der Waals surface area contributed by atoms with Gasteiger partial charge in [0.25, 0.3) is 0 Å². The lowest BCUT2D eigenvalue weighted by Crippen LogP contribution is -2.26. The van der Waals surface area contributed by atoms with Crippen molar-refractivity contribution in [1.82, 2.24) is 0 Å². The summed E-state index contributed by atoms with van der Waals surface area (Å²) in [5.74, 6) is -0.814. The van der Waals surface area contributed by atoms with Crippen LogP contribution in [0.25, 0.3) is 0 Å². The van der Waals surface area contributed by atoms with Gasteiger partial charge in [0.2, 0.25) is 0 Å². The Morgan fingerprint density at radius 2 is 1.96 bits per heavy atom. The monoisotopic (exact) mass is 308 g/mol. The van der Waals surface area contributed by atoms with Crippen LogP contribution in [-0.2, 0) is 11.3 Å². The minimum Gasteiger partial charge on any atom is -0.481 e. The molecule has 0 heterocycles. The zero-order chi connectivity index (χ0) is 16.8. The average Bonchev–Trinajstić information content (AvgIpc) is 2.54. The van der Waals surface area contributed by atoms with E-state index in [0.29, 0.717) is 18.7 Å². The Hall–Kier alpha value is -2.80. The summed E-state index contributed by atoms with van der Waals surface area (Å²) < 4.78 is 0. The zero-order valence-electron chi connectivity index (χ0n) is 13.4. The number of carboxylic acid groups (broad SMARTS) is 1. The Bertz CT molecular complexity index is 747. The first-order valence-electron chi connectivity index (χ1n) is 7.53. The Morgan fingerprint density at radius 1 is 1.22 bits per heavy atom. The maximum atomic E-state index is 11.0. The molecule has 0 aliphatic carbocycles. The number of aliphatic carboxylic acids is 1. The van der Waals surface area contributed by atoms with Gasteiger partial charge in [-0.1, -0.05) is 24.3 Å². The van der Waals surface area contributed by atoms with Crippen LogP contribution in [-0.4, -0.2) is 17.6 Å². The lowest BCUT2D eigenvalue weighted by molar-refractivity contribution is -0.136. The highest BCUT2D eigenvalue weighted by molar-refractivity contribution is 5.68. The van der Waals surface area contributed by atoms with Gasteiger partial charge in [0.05, 0.1) is 18.1 Å². The summed E-state index contributed by atoms with van der Waals surface area (Å²) in [7, 11) is 0. The molecule has 0 radical (unpaired) electrons. The van der Waals surface area contributed by atoms with Crippen LogP contribution in [0.2, 0.25) is 0 Å². The molecule has 4 nitrogen and oxygen atoms in total. The van der Waals surface area contributed by atoms with Crippen LogP contribution >= 0.6 is 0 Å². The van der Waals surface area contributed by atoms with Crippen molar-refractivity contribution in [2.45, 2.75) is 26.8 Å². The van der Waals surface area contributed by atoms with Crippen LogP contribution in [0.1, 0.15) is 28.7 Å². The first-order valence-corrected chi connectivity index (χ1v) is 7.53. The first kappa shape index (κ1) is 16.6. The highest BCUT2D eigenvalue weighted by Crippen LogP contribution is 2.25. The smallest absolute Gasteiger partial charge is 0.305 e. The highest BCUT2D eigenvalue weighted by Gasteiger charge is 2.13. The number of aryl methyl sites for hydroxylation is 1. The van der Waals surface area contributed by atoms with E-state index in [1.807, 2.05) is 50.2 Å². The van der Waals surface area contributed by atoms with E-state index in [1.165, 1.54) is 5.56 Å². The second-order valence-electron chi connectivity index (χ2n) is 5.60. The van der Waals surface area contributed by atoms with Crippen LogP contribution < -0.4 is 4.90 Å². The van der Waals surface area contributed by atoms with Crippen molar-refractivity contribution < 1.29 is 9.90 Å². The van der Waals surface area contributed by atoms with Gasteiger partial charge in [-0.15, -0.1) is 0 Å². The second-order valence-corrected chi connectivity index (χ2v) is 5.60.